The molecule has 14 heavy (non-hydrogen) atoms. The molecule has 1 rings (SSSR count). The highest BCUT2D eigenvalue weighted by molar-refractivity contribution is 7.91. The summed E-state index contributed by atoms with van der Waals surface area (Å²) in [6, 6.07) is 4.37. The van der Waals surface area contributed by atoms with Crippen molar-refractivity contribution in [2.24, 2.45) is 5.73 Å². The van der Waals surface area contributed by atoms with Crippen LogP contribution >= 0.6 is 0 Å². The normalized spacial score (nSPS) is 13.9. The Bertz CT molecular complexity index is 415. The standard InChI is InChI=1S/C9H12FNO2S/c1-7(11)8-4-2-3-5-9(8)14(12,13)6-10/h2-5,7H,6,11H2,1H3. The summed E-state index contributed by atoms with van der Waals surface area (Å²) in [6.07, 6.45) is 0. The van der Waals surface area contributed by atoms with Gasteiger partial charge >= 0.3 is 0 Å². The van der Waals surface area contributed by atoms with E-state index in [0.29, 0.717) is 5.56 Å². The fourth-order valence-electron chi connectivity index (χ4n) is 1.20. The van der Waals surface area contributed by atoms with E-state index in [4.69, 9.17) is 5.73 Å². The van der Waals surface area contributed by atoms with E-state index in [2.05, 4.69) is 0 Å². The lowest BCUT2D eigenvalue weighted by Gasteiger charge is -2.10. The molecule has 0 amide bonds. The van der Waals surface area contributed by atoms with Gasteiger partial charge in [-0.1, -0.05) is 18.2 Å². The average Bonchev–Trinajstić information content (AvgIpc) is 2.18. The number of benzene rings is 1. The van der Waals surface area contributed by atoms with E-state index in [1.165, 1.54) is 6.07 Å². The molecule has 1 atom stereocenters. The third kappa shape index (κ3) is 2.10. The lowest BCUT2D eigenvalue weighted by molar-refractivity contribution is 0.533. The van der Waals surface area contributed by atoms with Crippen molar-refractivity contribution in [2.75, 3.05) is 6.01 Å². The maximum Gasteiger partial charge on any atom is 0.207 e. The Morgan fingerprint density at radius 1 is 1.43 bits per heavy atom. The average molecular weight is 217 g/mol. The smallest absolute Gasteiger partial charge is 0.207 e. The van der Waals surface area contributed by atoms with Crippen LogP contribution in [0, 0.1) is 0 Å². The summed E-state index contributed by atoms with van der Waals surface area (Å²) in [6.45, 7) is 1.66. The van der Waals surface area contributed by atoms with Gasteiger partial charge in [0.15, 0.2) is 6.01 Å². The molecule has 1 unspecified atom stereocenters. The number of sulfone groups is 1. The molecule has 0 spiro atoms. The number of hydrogen-bond acceptors (Lipinski definition) is 3. The maximum atomic E-state index is 12.3. The van der Waals surface area contributed by atoms with Crippen LogP contribution in [0.1, 0.15) is 18.5 Å². The largest absolute Gasteiger partial charge is 0.324 e. The second kappa shape index (κ2) is 4.06. The van der Waals surface area contributed by atoms with Crippen molar-refractivity contribution in [1.82, 2.24) is 0 Å². The first-order valence-corrected chi connectivity index (χ1v) is 5.77. The predicted molar refractivity (Wildman–Crippen MR) is 52.2 cm³/mol. The zero-order valence-corrected chi connectivity index (χ0v) is 8.59. The molecular formula is C9H12FNO2S. The first-order chi connectivity index (χ1) is 6.49. The van der Waals surface area contributed by atoms with Crippen molar-refractivity contribution in [2.45, 2.75) is 17.9 Å². The monoisotopic (exact) mass is 217 g/mol. The van der Waals surface area contributed by atoms with Crippen LogP contribution in [0.25, 0.3) is 0 Å². The molecular weight excluding hydrogens is 205 g/mol. The van der Waals surface area contributed by atoms with Gasteiger partial charge in [0, 0.05) is 6.04 Å². The summed E-state index contributed by atoms with van der Waals surface area (Å²) in [5.41, 5.74) is 6.03. The van der Waals surface area contributed by atoms with Crippen LogP contribution in [0.5, 0.6) is 0 Å². The molecule has 0 saturated heterocycles. The summed E-state index contributed by atoms with van der Waals surface area (Å²) in [5, 5.41) is 0. The minimum atomic E-state index is -3.82. The summed E-state index contributed by atoms with van der Waals surface area (Å²) in [4.78, 5) is -0.0162. The maximum absolute atomic E-state index is 12.3. The van der Waals surface area contributed by atoms with Crippen LogP contribution in [0.15, 0.2) is 29.2 Å². The van der Waals surface area contributed by atoms with Crippen molar-refractivity contribution in [1.29, 1.82) is 0 Å². The Balaban J connectivity index is 3.35. The number of halogens is 1. The molecule has 0 radical (unpaired) electrons. The van der Waals surface area contributed by atoms with Crippen molar-refractivity contribution in [3.63, 3.8) is 0 Å². The fraction of sp³-hybridized carbons (Fsp3) is 0.333. The zero-order valence-electron chi connectivity index (χ0n) is 7.77. The second-order valence-electron chi connectivity index (χ2n) is 3.05. The van der Waals surface area contributed by atoms with Crippen molar-refractivity contribution < 1.29 is 12.8 Å². The van der Waals surface area contributed by atoms with Gasteiger partial charge in [-0.2, -0.15) is 0 Å². The van der Waals surface area contributed by atoms with Crippen LogP contribution in [0.3, 0.4) is 0 Å². The first-order valence-electron chi connectivity index (χ1n) is 4.12. The Labute approximate surface area is 82.7 Å². The lowest BCUT2D eigenvalue weighted by Crippen LogP contribution is -2.12. The van der Waals surface area contributed by atoms with E-state index < -0.39 is 21.9 Å². The zero-order chi connectivity index (χ0) is 10.8. The van der Waals surface area contributed by atoms with Gasteiger partial charge in [0.25, 0.3) is 0 Å². The highest BCUT2D eigenvalue weighted by Gasteiger charge is 2.19. The van der Waals surface area contributed by atoms with E-state index in [-0.39, 0.29) is 4.90 Å². The molecule has 1 aromatic carbocycles. The predicted octanol–water partition coefficient (Wildman–Crippen LogP) is 1.41. The molecule has 2 N–H and O–H groups in total. The van der Waals surface area contributed by atoms with Crippen LogP contribution in [0.2, 0.25) is 0 Å². The molecule has 0 saturated carbocycles. The second-order valence-corrected chi connectivity index (χ2v) is 4.94. The van der Waals surface area contributed by atoms with Gasteiger partial charge in [0.2, 0.25) is 9.84 Å². The molecule has 0 aliphatic rings. The van der Waals surface area contributed by atoms with Crippen LogP contribution in [-0.4, -0.2) is 14.4 Å². The van der Waals surface area contributed by atoms with Gasteiger partial charge < -0.3 is 5.73 Å². The topological polar surface area (TPSA) is 60.2 Å². The summed E-state index contributed by atoms with van der Waals surface area (Å²) in [5.74, 6) is 0. The molecule has 0 heterocycles. The van der Waals surface area contributed by atoms with Crippen LogP contribution < -0.4 is 5.73 Å². The molecule has 5 heteroatoms. The number of alkyl halides is 1. The highest BCUT2D eigenvalue weighted by Crippen LogP contribution is 2.21. The van der Waals surface area contributed by atoms with Crippen molar-refractivity contribution >= 4 is 9.84 Å². The van der Waals surface area contributed by atoms with Gasteiger partial charge in [-0.3, -0.25) is 0 Å². The highest BCUT2D eigenvalue weighted by atomic mass is 32.2. The summed E-state index contributed by atoms with van der Waals surface area (Å²) >= 11 is 0. The molecule has 1 aromatic rings. The molecule has 0 bridgehead atoms. The third-order valence-corrected chi connectivity index (χ3v) is 3.22. The minimum absolute atomic E-state index is 0.0162. The fourth-order valence-corrected chi connectivity index (χ4v) is 2.22. The number of hydrogen-bond donors (Lipinski definition) is 1. The van der Waals surface area contributed by atoms with E-state index in [1.54, 1.807) is 25.1 Å². The third-order valence-electron chi connectivity index (χ3n) is 1.89. The lowest BCUT2D eigenvalue weighted by atomic mass is 10.1. The SMILES string of the molecule is CC(N)c1ccccc1S(=O)(=O)CF. The number of nitrogens with two attached hydrogens (primary N) is 1. The van der Waals surface area contributed by atoms with Gasteiger partial charge in [-0.25, -0.2) is 12.8 Å². The minimum Gasteiger partial charge on any atom is -0.324 e. The van der Waals surface area contributed by atoms with Crippen molar-refractivity contribution in [3.05, 3.63) is 29.8 Å². The van der Waals surface area contributed by atoms with E-state index in [9.17, 15) is 12.8 Å². The van der Waals surface area contributed by atoms with E-state index >= 15 is 0 Å². The van der Waals surface area contributed by atoms with Crippen LogP contribution in [0.4, 0.5) is 4.39 Å². The Morgan fingerprint density at radius 2 is 2.00 bits per heavy atom. The Morgan fingerprint density at radius 3 is 2.50 bits per heavy atom. The Hall–Kier alpha value is -0.940. The van der Waals surface area contributed by atoms with Crippen molar-refractivity contribution in [3.8, 4) is 0 Å². The molecule has 0 fully saturated rings. The molecule has 0 aromatic heterocycles. The molecule has 0 aliphatic heterocycles. The first kappa shape index (κ1) is 11.1. The summed E-state index contributed by atoms with van der Waals surface area (Å²) in [7, 11) is -3.82. The van der Waals surface area contributed by atoms with Crippen LogP contribution in [-0.2, 0) is 9.84 Å². The summed E-state index contributed by atoms with van der Waals surface area (Å²) < 4.78 is 34.9. The van der Waals surface area contributed by atoms with E-state index in [0.717, 1.165) is 0 Å². The number of rotatable bonds is 3. The van der Waals surface area contributed by atoms with Gasteiger partial charge in [-0.05, 0) is 18.6 Å². The van der Waals surface area contributed by atoms with Gasteiger partial charge in [0.05, 0.1) is 4.90 Å². The molecule has 0 aliphatic carbocycles. The quantitative estimate of drug-likeness (QED) is 0.832. The van der Waals surface area contributed by atoms with Gasteiger partial charge in [0.1, 0.15) is 0 Å². The van der Waals surface area contributed by atoms with E-state index in [1.807, 2.05) is 0 Å². The molecule has 3 nitrogen and oxygen atoms in total. The Kier molecular flexibility index (Phi) is 3.23. The molecule has 78 valence electrons. The van der Waals surface area contributed by atoms with Gasteiger partial charge in [-0.15, -0.1) is 0 Å².